The van der Waals surface area contributed by atoms with Crippen LogP contribution in [0.25, 0.3) is 0 Å². The first kappa shape index (κ1) is 11.7. The molecule has 0 aliphatic carbocycles. The van der Waals surface area contributed by atoms with Crippen molar-refractivity contribution in [2.24, 2.45) is 0 Å². The van der Waals surface area contributed by atoms with Gasteiger partial charge in [0.1, 0.15) is 5.82 Å². The summed E-state index contributed by atoms with van der Waals surface area (Å²) in [6.07, 6.45) is 4.06. The Balaban J connectivity index is 1.98. The normalized spacial score (nSPS) is 26.7. The molecule has 3 nitrogen and oxygen atoms in total. The van der Waals surface area contributed by atoms with E-state index in [1.807, 2.05) is 12.1 Å². The molecule has 16 heavy (non-hydrogen) atoms. The van der Waals surface area contributed by atoms with Crippen molar-refractivity contribution in [2.45, 2.75) is 31.8 Å². The van der Waals surface area contributed by atoms with Crippen LogP contribution in [0.3, 0.4) is 0 Å². The summed E-state index contributed by atoms with van der Waals surface area (Å²) in [5.74, 6) is 0.811. The van der Waals surface area contributed by atoms with Gasteiger partial charge in [0.15, 0.2) is 0 Å². The SMILES string of the molecule is CC1CC(Nc2ncccc2Cl)CCN1C. The summed E-state index contributed by atoms with van der Waals surface area (Å²) in [6.45, 7) is 3.39. The van der Waals surface area contributed by atoms with Crippen molar-refractivity contribution in [3.63, 3.8) is 0 Å². The van der Waals surface area contributed by atoms with E-state index in [2.05, 4.69) is 29.2 Å². The summed E-state index contributed by atoms with van der Waals surface area (Å²) in [6, 6.07) is 4.83. The zero-order chi connectivity index (χ0) is 11.5. The molecule has 0 aromatic carbocycles. The van der Waals surface area contributed by atoms with E-state index in [-0.39, 0.29) is 0 Å². The van der Waals surface area contributed by atoms with Crippen LogP contribution in [-0.2, 0) is 0 Å². The van der Waals surface area contributed by atoms with Gasteiger partial charge in [-0.1, -0.05) is 11.6 Å². The number of hydrogen-bond donors (Lipinski definition) is 1. The van der Waals surface area contributed by atoms with Crippen LogP contribution < -0.4 is 5.32 Å². The van der Waals surface area contributed by atoms with Crippen LogP contribution in [0.2, 0.25) is 5.02 Å². The molecule has 0 amide bonds. The van der Waals surface area contributed by atoms with Crippen LogP contribution in [-0.4, -0.2) is 35.6 Å². The first-order chi connectivity index (χ1) is 7.66. The van der Waals surface area contributed by atoms with E-state index >= 15 is 0 Å². The minimum atomic E-state index is 0.485. The van der Waals surface area contributed by atoms with Gasteiger partial charge in [-0.15, -0.1) is 0 Å². The van der Waals surface area contributed by atoms with Gasteiger partial charge >= 0.3 is 0 Å². The largest absolute Gasteiger partial charge is 0.366 e. The lowest BCUT2D eigenvalue weighted by molar-refractivity contribution is 0.190. The molecule has 2 rings (SSSR count). The summed E-state index contributed by atoms with van der Waals surface area (Å²) in [5.41, 5.74) is 0. The van der Waals surface area contributed by atoms with Crippen molar-refractivity contribution in [1.82, 2.24) is 9.88 Å². The Labute approximate surface area is 102 Å². The number of piperidine rings is 1. The van der Waals surface area contributed by atoms with Gasteiger partial charge in [-0.05, 0) is 38.9 Å². The van der Waals surface area contributed by atoms with E-state index in [1.54, 1.807) is 6.20 Å². The van der Waals surface area contributed by atoms with Crippen molar-refractivity contribution >= 4 is 17.4 Å². The number of nitrogens with zero attached hydrogens (tertiary/aromatic N) is 2. The molecule has 1 aliphatic heterocycles. The quantitative estimate of drug-likeness (QED) is 0.860. The Hall–Kier alpha value is -0.800. The maximum atomic E-state index is 6.07. The number of aromatic nitrogens is 1. The first-order valence-electron chi connectivity index (χ1n) is 5.74. The van der Waals surface area contributed by atoms with Gasteiger partial charge in [-0.2, -0.15) is 0 Å². The van der Waals surface area contributed by atoms with E-state index in [9.17, 15) is 0 Å². The summed E-state index contributed by atoms with van der Waals surface area (Å²) in [5, 5.41) is 4.13. The molecule has 0 saturated carbocycles. The molecule has 1 aromatic rings. The molecule has 2 unspecified atom stereocenters. The highest BCUT2D eigenvalue weighted by Gasteiger charge is 2.23. The monoisotopic (exact) mass is 239 g/mol. The molecule has 1 aromatic heterocycles. The fraction of sp³-hybridized carbons (Fsp3) is 0.583. The molecule has 1 fully saturated rings. The molecule has 1 saturated heterocycles. The number of pyridine rings is 1. The zero-order valence-electron chi connectivity index (χ0n) is 9.78. The Morgan fingerprint density at radius 2 is 2.38 bits per heavy atom. The topological polar surface area (TPSA) is 28.2 Å². The second-order valence-electron chi connectivity index (χ2n) is 4.53. The minimum Gasteiger partial charge on any atom is -0.366 e. The number of anilines is 1. The van der Waals surface area contributed by atoms with Crippen LogP contribution in [0.4, 0.5) is 5.82 Å². The van der Waals surface area contributed by atoms with E-state index in [1.165, 1.54) is 0 Å². The number of rotatable bonds is 2. The predicted octanol–water partition coefficient (Wildman–Crippen LogP) is 2.63. The summed E-state index contributed by atoms with van der Waals surface area (Å²) in [4.78, 5) is 6.65. The third kappa shape index (κ3) is 2.66. The van der Waals surface area contributed by atoms with Gasteiger partial charge in [-0.25, -0.2) is 4.98 Å². The first-order valence-corrected chi connectivity index (χ1v) is 6.12. The van der Waals surface area contributed by atoms with E-state index in [0.29, 0.717) is 17.1 Å². The lowest BCUT2D eigenvalue weighted by Crippen LogP contribution is -2.42. The molecule has 0 radical (unpaired) electrons. The van der Waals surface area contributed by atoms with E-state index in [4.69, 9.17) is 11.6 Å². The Kier molecular flexibility index (Phi) is 3.66. The maximum Gasteiger partial charge on any atom is 0.144 e. The Morgan fingerprint density at radius 1 is 1.56 bits per heavy atom. The average molecular weight is 240 g/mol. The molecule has 2 atom stereocenters. The Morgan fingerprint density at radius 3 is 3.06 bits per heavy atom. The van der Waals surface area contributed by atoms with Gasteiger partial charge in [0.25, 0.3) is 0 Å². The van der Waals surface area contributed by atoms with E-state index in [0.717, 1.165) is 25.2 Å². The van der Waals surface area contributed by atoms with Crippen molar-refractivity contribution in [2.75, 3.05) is 18.9 Å². The van der Waals surface area contributed by atoms with Crippen LogP contribution in [0, 0.1) is 0 Å². The lowest BCUT2D eigenvalue weighted by atomic mass is 9.99. The third-order valence-electron chi connectivity index (χ3n) is 3.31. The van der Waals surface area contributed by atoms with Crippen molar-refractivity contribution in [3.05, 3.63) is 23.4 Å². The molecular weight excluding hydrogens is 222 g/mol. The average Bonchev–Trinajstić information content (AvgIpc) is 2.27. The number of nitrogens with one attached hydrogen (secondary N) is 1. The van der Waals surface area contributed by atoms with Crippen molar-refractivity contribution < 1.29 is 0 Å². The molecule has 0 bridgehead atoms. The fourth-order valence-corrected chi connectivity index (χ4v) is 2.28. The van der Waals surface area contributed by atoms with Gasteiger partial charge in [0.05, 0.1) is 5.02 Å². The standard InChI is InChI=1S/C12H18ClN3/c1-9-8-10(5-7-16(9)2)15-12-11(13)4-3-6-14-12/h3-4,6,9-10H,5,7-8H2,1-2H3,(H,14,15). The second-order valence-corrected chi connectivity index (χ2v) is 4.94. The zero-order valence-corrected chi connectivity index (χ0v) is 10.5. The fourth-order valence-electron chi connectivity index (χ4n) is 2.11. The minimum absolute atomic E-state index is 0.485. The number of hydrogen-bond acceptors (Lipinski definition) is 3. The van der Waals surface area contributed by atoms with E-state index < -0.39 is 0 Å². The molecule has 2 heterocycles. The van der Waals surface area contributed by atoms with Gasteiger partial charge in [-0.3, -0.25) is 0 Å². The van der Waals surface area contributed by atoms with Crippen molar-refractivity contribution in [1.29, 1.82) is 0 Å². The molecule has 4 heteroatoms. The van der Waals surface area contributed by atoms with Gasteiger partial charge < -0.3 is 10.2 Å². The van der Waals surface area contributed by atoms with Crippen LogP contribution >= 0.6 is 11.6 Å². The predicted molar refractivity (Wildman–Crippen MR) is 68.0 cm³/mol. The summed E-state index contributed by atoms with van der Waals surface area (Å²) < 4.78 is 0. The maximum absolute atomic E-state index is 6.07. The molecular formula is C12H18ClN3. The highest BCUT2D eigenvalue weighted by Crippen LogP contribution is 2.23. The lowest BCUT2D eigenvalue weighted by Gasteiger charge is -2.35. The smallest absolute Gasteiger partial charge is 0.144 e. The molecule has 1 aliphatic rings. The summed E-state index contributed by atoms with van der Waals surface area (Å²) >= 11 is 6.07. The summed E-state index contributed by atoms with van der Waals surface area (Å²) in [7, 11) is 2.18. The number of halogens is 1. The number of likely N-dealkylation sites (tertiary alicyclic amines) is 1. The third-order valence-corrected chi connectivity index (χ3v) is 3.61. The highest BCUT2D eigenvalue weighted by atomic mass is 35.5. The second kappa shape index (κ2) is 5.02. The van der Waals surface area contributed by atoms with Crippen LogP contribution in [0.1, 0.15) is 19.8 Å². The Bertz CT molecular complexity index is 356. The molecule has 88 valence electrons. The van der Waals surface area contributed by atoms with Gasteiger partial charge in [0, 0.05) is 24.8 Å². The molecule has 0 spiro atoms. The van der Waals surface area contributed by atoms with Crippen molar-refractivity contribution in [3.8, 4) is 0 Å². The van der Waals surface area contributed by atoms with Gasteiger partial charge in [0.2, 0.25) is 0 Å². The molecule has 1 N–H and O–H groups in total. The van der Waals surface area contributed by atoms with Crippen LogP contribution in [0.5, 0.6) is 0 Å². The van der Waals surface area contributed by atoms with Crippen LogP contribution in [0.15, 0.2) is 18.3 Å². The highest BCUT2D eigenvalue weighted by molar-refractivity contribution is 6.32.